The molecule has 0 saturated carbocycles. The summed E-state index contributed by atoms with van der Waals surface area (Å²) in [4.78, 5) is 37.6. The lowest BCUT2D eigenvalue weighted by atomic mass is 10.2. The topological polar surface area (TPSA) is 61.2 Å². The highest BCUT2D eigenvalue weighted by atomic mass is 32.2. The van der Waals surface area contributed by atoms with E-state index in [0.717, 1.165) is 0 Å². The average Bonchev–Trinajstić information content (AvgIpc) is 3.13. The van der Waals surface area contributed by atoms with E-state index in [0.29, 0.717) is 64.7 Å². The number of aromatic nitrogens is 2. The highest BCUT2D eigenvalue weighted by Crippen LogP contribution is 2.34. The van der Waals surface area contributed by atoms with E-state index in [1.54, 1.807) is 41.4 Å². The number of hydrogen-bond acceptors (Lipinski definition) is 7. The molecule has 36 heavy (non-hydrogen) atoms. The Morgan fingerprint density at radius 2 is 1.75 bits per heavy atom. The first kappa shape index (κ1) is 24.5. The summed E-state index contributed by atoms with van der Waals surface area (Å²) >= 11 is 6.66. The SMILES string of the molecule is CC(C)CN1C(=O)/C(=C\c2c(N3CCN(c4ccccc4F)CC3)nc3ccccn3c2=O)SC1=S. The monoisotopic (exact) mass is 523 g/mol. The molecule has 4 heterocycles. The molecule has 0 atom stereocenters. The summed E-state index contributed by atoms with van der Waals surface area (Å²) in [5.41, 5.74) is 1.20. The summed E-state index contributed by atoms with van der Waals surface area (Å²) in [6.45, 7) is 6.85. The van der Waals surface area contributed by atoms with Crippen LogP contribution >= 0.6 is 24.0 Å². The first-order valence-electron chi connectivity index (χ1n) is 11.8. The van der Waals surface area contributed by atoms with Gasteiger partial charge in [0.25, 0.3) is 11.5 Å². The van der Waals surface area contributed by atoms with Crippen LogP contribution in [0.15, 0.2) is 58.4 Å². The quantitative estimate of drug-likeness (QED) is 0.370. The molecule has 0 unspecified atom stereocenters. The van der Waals surface area contributed by atoms with Gasteiger partial charge in [-0.05, 0) is 36.3 Å². The van der Waals surface area contributed by atoms with Crippen molar-refractivity contribution in [2.75, 3.05) is 42.5 Å². The van der Waals surface area contributed by atoms with Gasteiger partial charge in [-0.3, -0.25) is 18.9 Å². The number of carbonyl (C=O) groups is 1. The van der Waals surface area contributed by atoms with Crippen LogP contribution in [0.2, 0.25) is 0 Å². The number of thioether (sulfide) groups is 1. The average molecular weight is 524 g/mol. The number of nitrogens with zero attached hydrogens (tertiary/aromatic N) is 5. The third-order valence-corrected chi connectivity index (χ3v) is 7.60. The highest BCUT2D eigenvalue weighted by Gasteiger charge is 2.33. The maximum absolute atomic E-state index is 14.3. The fourth-order valence-corrected chi connectivity index (χ4v) is 5.74. The largest absolute Gasteiger partial charge is 0.366 e. The zero-order chi connectivity index (χ0) is 25.4. The van der Waals surface area contributed by atoms with Crippen molar-refractivity contribution < 1.29 is 9.18 Å². The Morgan fingerprint density at radius 3 is 2.47 bits per heavy atom. The number of benzene rings is 1. The van der Waals surface area contributed by atoms with E-state index in [-0.39, 0.29) is 23.2 Å². The van der Waals surface area contributed by atoms with E-state index in [9.17, 15) is 14.0 Å². The van der Waals surface area contributed by atoms with E-state index >= 15 is 0 Å². The minimum atomic E-state index is -0.253. The van der Waals surface area contributed by atoms with Gasteiger partial charge < -0.3 is 9.80 Å². The Hall–Kier alpha value is -3.24. The second kappa shape index (κ2) is 10.0. The summed E-state index contributed by atoms with van der Waals surface area (Å²) in [7, 11) is 0. The molecular weight excluding hydrogens is 497 g/mol. The van der Waals surface area contributed by atoms with Crippen LogP contribution in [0.1, 0.15) is 19.4 Å². The van der Waals surface area contributed by atoms with Crippen molar-refractivity contribution in [2.24, 2.45) is 5.92 Å². The molecule has 1 amide bonds. The molecule has 0 N–H and O–H groups in total. The molecule has 0 radical (unpaired) electrons. The van der Waals surface area contributed by atoms with Crippen LogP contribution < -0.4 is 15.4 Å². The second-order valence-electron chi connectivity index (χ2n) is 9.19. The van der Waals surface area contributed by atoms with Crippen molar-refractivity contribution in [1.29, 1.82) is 0 Å². The van der Waals surface area contributed by atoms with Gasteiger partial charge in [0.15, 0.2) is 0 Å². The van der Waals surface area contributed by atoms with Crippen LogP contribution in [-0.4, -0.2) is 57.2 Å². The minimum Gasteiger partial charge on any atom is -0.366 e. The summed E-state index contributed by atoms with van der Waals surface area (Å²) < 4.78 is 16.3. The fourth-order valence-electron chi connectivity index (χ4n) is 4.48. The number of carbonyl (C=O) groups excluding carboxylic acids is 1. The maximum atomic E-state index is 14.3. The van der Waals surface area contributed by atoms with Crippen molar-refractivity contribution in [2.45, 2.75) is 13.8 Å². The molecule has 5 rings (SSSR count). The van der Waals surface area contributed by atoms with E-state index in [2.05, 4.69) is 0 Å². The first-order chi connectivity index (χ1) is 17.3. The van der Waals surface area contributed by atoms with Gasteiger partial charge in [-0.2, -0.15) is 0 Å². The number of pyridine rings is 1. The third kappa shape index (κ3) is 4.62. The van der Waals surface area contributed by atoms with Gasteiger partial charge in [-0.25, -0.2) is 9.37 Å². The molecule has 2 fully saturated rings. The molecule has 0 spiro atoms. The lowest BCUT2D eigenvalue weighted by Crippen LogP contribution is -2.47. The van der Waals surface area contributed by atoms with E-state index in [4.69, 9.17) is 17.2 Å². The van der Waals surface area contributed by atoms with Crippen LogP contribution in [0.5, 0.6) is 0 Å². The number of halogens is 1. The molecule has 2 aliphatic rings. The van der Waals surface area contributed by atoms with E-state index in [1.165, 1.54) is 22.2 Å². The Labute approximate surface area is 218 Å². The van der Waals surface area contributed by atoms with E-state index in [1.807, 2.05) is 35.8 Å². The van der Waals surface area contributed by atoms with Crippen molar-refractivity contribution >= 4 is 57.4 Å². The molecule has 10 heteroatoms. The predicted octanol–water partition coefficient (Wildman–Crippen LogP) is 4.02. The lowest BCUT2D eigenvalue weighted by molar-refractivity contribution is -0.122. The molecule has 186 valence electrons. The second-order valence-corrected chi connectivity index (χ2v) is 10.9. The van der Waals surface area contributed by atoms with Gasteiger partial charge in [-0.15, -0.1) is 0 Å². The van der Waals surface area contributed by atoms with Crippen molar-refractivity contribution in [3.05, 3.63) is 75.3 Å². The number of rotatable bonds is 5. The van der Waals surface area contributed by atoms with Crippen molar-refractivity contribution in [1.82, 2.24) is 14.3 Å². The number of fused-ring (bicyclic) bond motifs is 1. The van der Waals surface area contributed by atoms with Crippen LogP contribution in [0.3, 0.4) is 0 Å². The predicted molar refractivity (Wildman–Crippen MR) is 147 cm³/mol. The molecule has 1 aromatic carbocycles. The number of thiocarbonyl (C=S) groups is 1. The van der Waals surface area contributed by atoms with Gasteiger partial charge in [-0.1, -0.05) is 56.0 Å². The van der Waals surface area contributed by atoms with Crippen LogP contribution in [0.25, 0.3) is 11.7 Å². The van der Waals surface area contributed by atoms with Gasteiger partial charge in [0, 0.05) is 38.9 Å². The molecule has 3 aromatic rings. The Kier molecular flexibility index (Phi) is 6.81. The summed E-state index contributed by atoms with van der Waals surface area (Å²) in [5.74, 6) is 0.346. The lowest BCUT2D eigenvalue weighted by Gasteiger charge is -2.37. The van der Waals surface area contributed by atoms with Crippen LogP contribution in [0, 0.1) is 11.7 Å². The van der Waals surface area contributed by atoms with Crippen molar-refractivity contribution in [3.8, 4) is 0 Å². The summed E-state index contributed by atoms with van der Waals surface area (Å²) in [6, 6.07) is 12.1. The van der Waals surface area contributed by atoms with Gasteiger partial charge in [0.1, 0.15) is 21.6 Å². The summed E-state index contributed by atoms with van der Waals surface area (Å²) in [6.07, 6.45) is 3.30. The van der Waals surface area contributed by atoms with Gasteiger partial charge in [0.05, 0.1) is 16.2 Å². The van der Waals surface area contributed by atoms with Gasteiger partial charge >= 0.3 is 0 Å². The van der Waals surface area contributed by atoms with E-state index < -0.39 is 0 Å². The fraction of sp³-hybridized carbons (Fsp3) is 0.308. The normalized spacial score (nSPS) is 17.8. The first-order valence-corrected chi connectivity index (χ1v) is 13.1. The minimum absolute atomic E-state index is 0.188. The zero-order valence-electron chi connectivity index (χ0n) is 20.1. The number of anilines is 2. The Morgan fingerprint density at radius 1 is 1.06 bits per heavy atom. The molecule has 2 aromatic heterocycles. The third-order valence-electron chi connectivity index (χ3n) is 6.22. The highest BCUT2D eigenvalue weighted by molar-refractivity contribution is 8.26. The van der Waals surface area contributed by atoms with Gasteiger partial charge in [0.2, 0.25) is 0 Å². The van der Waals surface area contributed by atoms with Crippen LogP contribution in [-0.2, 0) is 4.79 Å². The number of hydrogen-bond donors (Lipinski definition) is 0. The maximum Gasteiger partial charge on any atom is 0.267 e. The Balaban J connectivity index is 1.51. The molecule has 0 aliphatic carbocycles. The van der Waals surface area contributed by atoms with Crippen LogP contribution in [0.4, 0.5) is 15.9 Å². The summed E-state index contributed by atoms with van der Waals surface area (Å²) in [5, 5.41) is 0. The standard InChI is InChI=1S/C26H26FN5O2S2/c1-17(2)16-32-25(34)21(36-26(32)35)15-18-23(28-22-9-5-6-10-31(22)24(18)33)30-13-11-29(12-14-30)20-8-4-3-7-19(20)27/h3-10,15,17H,11-14,16H2,1-2H3/b21-15+. The smallest absolute Gasteiger partial charge is 0.267 e. The molecular formula is C26H26FN5O2S2. The number of para-hydroxylation sites is 1. The molecule has 2 saturated heterocycles. The molecule has 2 aliphatic heterocycles. The zero-order valence-corrected chi connectivity index (χ0v) is 21.7. The number of amides is 1. The van der Waals surface area contributed by atoms with Crippen molar-refractivity contribution in [3.63, 3.8) is 0 Å². The molecule has 0 bridgehead atoms. The Bertz CT molecular complexity index is 1430. The number of piperazine rings is 1. The molecule has 7 nitrogen and oxygen atoms in total.